The zero-order valence-electron chi connectivity index (χ0n) is 13.5. The molecule has 0 unspecified atom stereocenters. The number of nitrogens with zero attached hydrogens (tertiary/aromatic N) is 2. The highest BCUT2D eigenvalue weighted by Crippen LogP contribution is 2.17. The van der Waals surface area contributed by atoms with E-state index in [2.05, 4.69) is 20.6 Å². The van der Waals surface area contributed by atoms with Gasteiger partial charge in [0, 0.05) is 32.0 Å². The second kappa shape index (κ2) is 8.68. The maximum atomic E-state index is 12.3. The molecule has 0 atom stereocenters. The highest BCUT2D eigenvalue weighted by Gasteiger charge is 2.18. The Hall–Kier alpha value is -1.69. The number of methoxy groups -OCH3 is 1. The molecule has 0 aromatic carbocycles. The third-order valence-corrected chi connectivity index (χ3v) is 3.84. The van der Waals surface area contributed by atoms with Crippen molar-refractivity contribution in [3.05, 3.63) is 17.5 Å². The van der Waals surface area contributed by atoms with Crippen LogP contribution in [0.5, 0.6) is 0 Å². The molecule has 1 aliphatic rings. The number of aromatic nitrogens is 2. The molecule has 2 N–H and O–H groups in total. The van der Waals surface area contributed by atoms with Gasteiger partial charge < -0.3 is 15.4 Å². The first-order valence-electron chi connectivity index (χ1n) is 8.08. The second-order valence-corrected chi connectivity index (χ2v) is 5.80. The van der Waals surface area contributed by atoms with E-state index in [4.69, 9.17) is 4.74 Å². The molecule has 1 saturated carbocycles. The van der Waals surface area contributed by atoms with Crippen LogP contribution in [0.1, 0.15) is 54.7 Å². The summed E-state index contributed by atoms with van der Waals surface area (Å²) >= 11 is 0. The van der Waals surface area contributed by atoms with E-state index in [-0.39, 0.29) is 11.9 Å². The van der Waals surface area contributed by atoms with Crippen LogP contribution in [0, 0.1) is 6.92 Å². The molecule has 6 nitrogen and oxygen atoms in total. The fourth-order valence-electron chi connectivity index (χ4n) is 2.69. The van der Waals surface area contributed by atoms with Crippen molar-refractivity contribution < 1.29 is 9.53 Å². The highest BCUT2D eigenvalue weighted by molar-refractivity contribution is 5.92. The second-order valence-electron chi connectivity index (χ2n) is 5.80. The van der Waals surface area contributed by atoms with E-state index in [0.717, 1.165) is 31.5 Å². The topological polar surface area (TPSA) is 76.1 Å². The first-order chi connectivity index (χ1) is 10.7. The summed E-state index contributed by atoms with van der Waals surface area (Å²) in [5.74, 6) is 0.405. The average Bonchev–Trinajstić information content (AvgIpc) is 2.52. The molecule has 1 amide bonds. The molecule has 122 valence electrons. The Bertz CT molecular complexity index is 487. The number of hydrogen-bond donors (Lipinski definition) is 2. The van der Waals surface area contributed by atoms with E-state index < -0.39 is 0 Å². The Morgan fingerprint density at radius 2 is 2.09 bits per heavy atom. The van der Waals surface area contributed by atoms with Gasteiger partial charge in [0.1, 0.15) is 5.69 Å². The number of rotatable bonds is 7. The molecule has 0 saturated heterocycles. The first kappa shape index (κ1) is 16.7. The minimum atomic E-state index is -0.0997. The van der Waals surface area contributed by atoms with Crippen molar-refractivity contribution in [1.29, 1.82) is 0 Å². The third-order valence-electron chi connectivity index (χ3n) is 3.84. The molecule has 2 rings (SSSR count). The summed E-state index contributed by atoms with van der Waals surface area (Å²) in [4.78, 5) is 21.0. The summed E-state index contributed by atoms with van der Waals surface area (Å²) in [5, 5.41) is 6.23. The van der Waals surface area contributed by atoms with Crippen LogP contribution >= 0.6 is 0 Å². The van der Waals surface area contributed by atoms with Gasteiger partial charge in [-0.25, -0.2) is 9.97 Å². The zero-order chi connectivity index (χ0) is 15.8. The predicted octanol–water partition coefficient (Wildman–Crippen LogP) is 2.30. The van der Waals surface area contributed by atoms with Gasteiger partial charge in [-0.1, -0.05) is 19.3 Å². The van der Waals surface area contributed by atoms with Gasteiger partial charge in [0.2, 0.25) is 5.95 Å². The van der Waals surface area contributed by atoms with Crippen LogP contribution in [0.25, 0.3) is 0 Å². The van der Waals surface area contributed by atoms with E-state index in [1.54, 1.807) is 13.2 Å². The minimum Gasteiger partial charge on any atom is -0.385 e. The van der Waals surface area contributed by atoms with Crippen LogP contribution in [0.3, 0.4) is 0 Å². The van der Waals surface area contributed by atoms with Gasteiger partial charge in [-0.2, -0.15) is 0 Å². The fourth-order valence-corrected chi connectivity index (χ4v) is 2.69. The zero-order valence-corrected chi connectivity index (χ0v) is 13.5. The molecule has 1 aliphatic carbocycles. The maximum Gasteiger partial charge on any atom is 0.270 e. The SMILES string of the molecule is COCCCNc1nc(C)cc(C(=O)NC2CCCCC2)n1. The van der Waals surface area contributed by atoms with Crippen molar-refractivity contribution in [2.75, 3.05) is 25.6 Å². The molecule has 0 bridgehead atoms. The third kappa shape index (κ3) is 5.26. The Morgan fingerprint density at radius 1 is 1.32 bits per heavy atom. The van der Waals surface area contributed by atoms with E-state index in [9.17, 15) is 4.79 Å². The number of amides is 1. The molecule has 0 aliphatic heterocycles. The molecular weight excluding hydrogens is 280 g/mol. The quantitative estimate of drug-likeness (QED) is 0.756. The molecule has 1 fully saturated rings. The van der Waals surface area contributed by atoms with Crippen molar-refractivity contribution in [3.63, 3.8) is 0 Å². The summed E-state index contributed by atoms with van der Waals surface area (Å²) in [7, 11) is 1.68. The lowest BCUT2D eigenvalue weighted by atomic mass is 9.95. The molecule has 1 heterocycles. The number of ether oxygens (including phenoxy) is 1. The van der Waals surface area contributed by atoms with Crippen molar-refractivity contribution >= 4 is 11.9 Å². The lowest BCUT2D eigenvalue weighted by Gasteiger charge is -2.22. The Labute approximate surface area is 132 Å². The fraction of sp³-hybridized carbons (Fsp3) is 0.688. The smallest absolute Gasteiger partial charge is 0.270 e. The highest BCUT2D eigenvalue weighted by atomic mass is 16.5. The molecule has 1 aromatic rings. The van der Waals surface area contributed by atoms with Crippen LogP contribution in [-0.4, -0.2) is 42.2 Å². The van der Waals surface area contributed by atoms with Crippen molar-refractivity contribution in [1.82, 2.24) is 15.3 Å². The van der Waals surface area contributed by atoms with Crippen LogP contribution in [0.4, 0.5) is 5.95 Å². The number of carbonyl (C=O) groups is 1. The van der Waals surface area contributed by atoms with E-state index in [0.29, 0.717) is 18.2 Å². The van der Waals surface area contributed by atoms with Gasteiger partial charge in [-0.05, 0) is 32.3 Å². The summed E-state index contributed by atoms with van der Waals surface area (Å²) in [5.41, 5.74) is 1.23. The number of hydrogen-bond acceptors (Lipinski definition) is 5. The van der Waals surface area contributed by atoms with Gasteiger partial charge >= 0.3 is 0 Å². The summed E-state index contributed by atoms with van der Waals surface area (Å²) in [6, 6.07) is 2.02. The normalized spacial score (nSPS) is 15.5. The largest absolute Gasteiger partial charge is 0.385 e. The van der Waals surface area contributed by atoms with Crippen LogP contribution in [0.15, 0.2) is 6.07 Å². The molecule has 1 aromatic heterocycles. The van der Waals surface area contributed by atoms with Gasteiger partial charge in [-0.3, -0.25) is 4.79 Å². The number of nitrogens with one attached hydrogen (secondary N) is 2. The molecule has 6 heteroatoms. The van der Waals surface area contributed by atoms with Crippen LogP contribution < -0.4 is 10.6 Å². The number of aryl methyl sites for hydroxylation is 1. The summed E-state index contributed by atoms with van der Waals surface area (Å²) in [6.07, 6.45) is 6.67. The van der Waals surface area contributed by atoms with Crippen LogP contribution in [0.2, 0.25) is 0 Å². The van der Waals surface area contributed by atoms with Gasteiger partial charge in [-0.15, -0.1) is 0 Å². The number of carbonyl (C=O) groups excluding carboxylic acids is 1. The molecule has 0 spiro atoms. The van der Waals surface area contributed by atoms with Gasteiger partial charge in [0.15, 0.2) is 0 Å². The minimum absolute atomic E-state index is 0.0997. The lowest BCUT2D eigenvalue weighted by molar-refractivity contribution is 0.0922. The molecule has 22 heavy (non-hydrogen) atoms. The maximum absolute atomic E-state index is 12.3. The van der Waals surface area contributed by atoms with Gasteiger partial charge in [0.25, 0.3) is 5.91 Å². The number of anilines is 1. The Kier molecular flexibility index (Phi) is 6.58. The average molecular weight is 306 g/mol. The van der Waals surface area contributed by atoms with E-state index in [1.165, 1.54) is 19.3 Å². The van der Waals surface area contributed by atoms with Crippen LogP contribution in [-0.2, 0) is 4.74 Å². The van der Waals surface area contributed by atoms with Gasteiger partial charge in [0.05, 0.1) is 0 Å². The summed E-state index contributed by atoms with van der Waals surface area (Å²) < 4.78 is 5.01. The van der Waals surface area contributed by atoms with Crippen molar-refractivity contribution in [3.8, 4) is 0 Å². The van der Waals surface area contributed by atoms with E-state index in [1.807, 2.05) is 6.92 Å². The standard InChI is InChI=1S/C16H26N4O2/c1-12-11-14(15(21)19-13-7-4-3-5-8-13)20-16(18-12)17-9-6-10-22-2/h11,13H,3-10H2,1-2H3,(H,19,21)(H,17,18,20). The van der Waals surface area contributed by atoms with Crippen molar-refractivity contribution in [2.24, 2.45) is 0 Å². The lowest BCUT2D eigenvalue weighted by Crippen LogP contribution is -2.36. The first-order valence-corrected chi connectivity index (χ1v) is 8.08. The summed E-state index contributed by atoms with van der Waals surface area (Å²) in [6.45, 7) is 3.29. The monoisotopic (exact) mass is 306 g/mol. The van der Waals surface area contributed by atoms with Crippen molar-refractivity contribution in [2.45, 2.75) is 51.5 Å². The Morgan fingerprint density at radius 3 is 2.82 bits per heavy atom. The molecular formula is C16H26N4O2. The Balaban J connectivity index is 1.93. The predicted molar refractivity (Wildman–Crippen MR) is 86.1 cm³/mol. The molecule has 0 radical (unpaired) electrons. The van der Waals surface area contributed by atoms with E-state index >= 15 is 0 Å².